The van der Waals surface area contributed by atoms with Crippen molar-refractivity contribution >= 4 is 17.7 Å². The normalized spacial score (nSPS) is 14.5. The zero-order valence-corrected chi connectivity index (χ0v) is 15.3. The van der Waals surface area contributed by atoms with Crippen LogP contribution >= 0.6 is 0 Å². The van der Waals surface area contributed by atoms with E-state index in [0.717, 1.165) is 0 Å². The van der Waals surface area contributed by atoms with E-state index >= 15 is 0 Å². The van der Waals surface area contributed by atoms with Crippen LogP contribution in [0.1, 0.15) is 40.2 Å². The predicted octanol–water partition coefficient (Wildman–Crippen LogP) is 1.96. The van der Waals surface area contributed by atoms with Gasteiger partial charge >= 0.3 is 0 Å². The average Bonchev–Trinajstić information content (AvgIpc) is 3.23. The molecule has 1 aliphatic rings. The molecule has 2 heterocycles. The van der Waals surface area contributed by atoms with Gasteiger partial charge in [-0.3, -0.25) is 14.4 Å². The molecule has 3 amide bonds. The largest absolute Gasteiger partial charge is 0.459 e. The summed E-state index contributed by atoms with van der Waals surface area (Å²) in [6, 6.07) is 9.04. The summed E-state index contributed by atoms with van der Waals surface area (Å²) in [5.41, 5.74) is 0.0669. The van der Waals surface area contributed by atoms with E-state index in [2.05, 4.69) is 10.6 Å². The second-order valence-electron chi connectivity index (χ2n) is 6.60. The fourth-order valence-electron chi connectivity index (χ4n) is 3.12. The number of rotatable bonds is 6. The van der Waals surface area contributed by atoms with Crippen LogP contribution in [-0.4, -0.2) is 48.3 Å². The number of halogens is 1. The summed E-state index contributed by atoms with van der Waals surface area (Å²) in [5, 5.41) is 5.53. The summed E-state index contributed by atoms with van der Waals surface area (Å²) in [4.78, 5) is 37.8. The minimum atomic E-state index is -0.528. The standard InChI is InChI=1S/C20H22FN3O4/c21-16-5-2-1-4-15(16)20(27)24-11-8-14(9-12-24)23-18(25)7-10-22-19(26)17-6-3-13-28-17/h1-6,13-14H,7-12H2,(H,22,26)(H,23,25). The van der Waals surface area contributed by atoms with Gasteiger partial charge in [0.1, 0.15) is 5.82 Å². The third-order valence-corrected chi connectivity index (χ3v) is 4.63. The molecule has 0 spiro atoms. The van der Waals surface area contributed by atoms with Crippen LogP contribution in [0.2, 0.25) is 0 Å². The van der Waals surface area contributed by atoms with Crippen molar-refractivity contribution in [1.82, 2.24) is 15.5 Å². The van der Waals surface area contributed by atoms with Gasteiger partial charge in [0, 0.05) is 32.1 Å². The van der Waals surface area contributed by atoms with E-state index in [1.54, 1.807) is 29.2 Å². The first kappa shape index (κ1) is 19.6. The van der Waals surface area contributed by atoms with Crippen molar-refractivity contribution in [1.29, 1.82) is 0 Å². The van der Waals surface area contributed by atoms with Gasteiger partial charge in [-0.05, 0) is 37.1 Å². The summed E-state index contributed by atoms with van der Waals surface area (Å²) >= 11 is 0. The van der Waals surface area contributed by atoms with Crippen molar-refractivity contribution < 1.29 is 23.2 Å². The number of piperidine rings is 1. The molecule has 7 nitrogen and oxygen atoms in total. The van der Waals surface area contributed by atoms with Crippen molar-refractivity contribution in [3.63, 3.8) is 0 Å². The summed E-state index contributed by atoms with van der Waals surface area (Å²) in [6.45, 7) is 1.11. The quantitative estimate of drug-likeness (QED) is 0.793. The Morgan fingerprint density at radius 3 is 2.54 bits per heavy atom. The summed E-state index contributed by atoms with van der Waals surface area (Å²) in [7, 11) is 0. The molecular formula is C20H22FN3O4. The van der Waals surface area contributed by atoms with Gasteiger partial charge in [0.05, 0.1) is 11.8 Å². The van der Waals surface area contributed by atoms with Gasteiger partial charge in [0.2, 0.25) is 5.91 Å². The Hall–Kier alpha value is -3.16. The van der Waals surface area contributed by atoms with Gasteiger partial charge in [0.15, 0.2) is 5.76 Å². The fraction of sp³-hybridized carbons (Fsp3) is 0.350. The van der Waals surface area contributed by atoms with Crippen molar-refractivity contribution in [3.8, 4) is 0 Å². The Balaban J connectivity index is 1.38. The van der Waals surface area contributed by atoms with Gasteiger partial charge < -0.3 is 20.0 Å². The lowest BCUT2D eigenvalue weighted by Crippen LogP contribution is -2.47. The lowest BCUT2D eigenvalue weighted by molar-refractivity contribution is -0.121. The van der Waals surface area contributed by atoms with Crippen LogP contribution in [0.25, 0.3) is 0 Å². The molecule has 0 bridgehead atoms. The number of hydrogen-bond donors (Lipinski definition) is 2. The van der Waals surface area contributed by atoms with Crippen molar-refractivity contribution in [3.05, 3.63) is 59.8 Å². The maximum Gasteiger partial charge on any atom is 0.286 e. The van der Waals surface area contributed by atoms with Gasteiger partial charge in [-0.2, -0.15) is 0 Å². The lowest BCUT2D eigenvalue weighted by Gasteiger charge is -2.32. The number of nitrogens with one attached hydrogen (secondary N) is 2. The molecule has 28 heavy (non-hydrogen) atoms. The van der Waals surface area contributed by atoms with Crippen LogP contribution in [0.3, 0.4) is 0 Å². The third kappa shape index (κ3) is 4.97. The molecule has 1 fully saturated rings. The van der Waals surface area contributed by atoms with Gasteiger partial charge in [-0.25, -0.2) is 4.39 Å². The number of carbonyl (C=O) groups excluding carboxylic acids is 3. The van der Waals surface area contributed by atoms with Crippen LogP contribution in [0.5, 0.6) is 0 Å². The van der Waals surface area contributed by atoms with E-state index in [1.807, 2.05) is 0 Å². The number of amides is 3. The first-order chi connectivity index (χ1) is 13.5. The smallest absolute Gasteiger partial charge is 0.286 e. The van der Waals surface area contributed by atoms with E-state index in [-0.39, 0.29) is 48.1 Å². The van der Waals surface area contributed by atoms with Gasteiger partial charge in [0.25, 0.3) is 11.8 Å². The summed E-state index contributed by atoms with van der Waals surface area (Å²) in [5.74, 6) is -1.19. The summed E-state index contributed by atoms with van der Waals surface area (Å²) in [6.07, 6.45) is 2.76. The number of likely N-dealkylation sites (tertiary alicyclic amines) is 1. The average molecular weight is 387 g/mol. The van der Waals surface area contributed by atoms with Crippen LogP contribution in [0.15, 0.2) is 47.1 Å². The second-order valence-corrected chi connectivity index (χ2v) is 6.60. The molecular weight excluding hydrogens is 365 g/mol. The Morgan fingerprint density at radius 2 is 1.86 bits per heavy atom. The molecule has 1 aromatic carbocycles. The van der Waals surface area contributed by atoms with Crippen LogP contribution in [-0.2, 0) is 4.79 Å². The maximum atomic E-state index is 13.8. The minimum Gasteiger partial charge on any atom is -0.459 e. The molecule has 0 aliphatic carbocycles. The monoisotopic (exact) mass is 387 g/mol. The Kier molecular flexibility index (Phi) is 6.41. The van der Waals surface area contributed by atoms with Gasteiger partial charge in [-0.1, -0.05) is 12.1 Å². The lowest BCUT2D eigenvalue weighted by atomic mass is 10.0. The molecule has 0 radical (unpaired) electrons. The molecule has 0 unspecified atom stereocenters. The highest BCUT2D eigenvalue weighted by atomic mass is 19.1. The Morgan fingerprint density at radius 1 is 1.11 bits per heavy atom. The minimum absolute atomic E-state index is 0.0436. The van der Waals surface area contributed by atoms with Crippen LogP contribution in [0.4, 0.5) is 4.39 Å². The molecule has 2 N–H and O–H groups in total. The van der Waals surface area contributed by atoms with E-state index in [1.165, 1.54) is 18.4 Å². The molecule has 148 valence electrons. The molecule has 2 aromatic rings. The Labute approximate surface area is 161 Å². The Bertz CT molecular complexity index is 830. The van der Waals surface area contributed by atoms with Crippen molar-refractivity contribution in [2.24, 2.45) is 0 Å². The number of furan rings is 1. The van der Waals surface area contributed by atoms with E-state index in [9.17, 15) is 18.8 Å². The predicted molar refractivity (Wildman–Crippen MR) is 99.1 cm³/mol. The molecule has 1 aromatic heterocycles. The zero-order valence-electron chi connectivity index (χ0n) is 15.3. The summed E-state index contributed by atoms with van der Waals surface area (Å²) < 4.78 is 18.7. The van der Waals surface area contributed by atoms with Crippen LogP contribution < -0.4 is 10.6 Å². The molecule has 8 heteroatoms. The topological polar surface area (TPSA) is 91.7 Å². The molecule has 0 saturated carbocycles. The first-order valence-electron chi connectivity index (χ1n) is 9.19. The molecule has 1 saturated heterocycles. The SMILES string of the molecule is O=C(CCNC(=O)c1ccco1)NC1CCN(C(=O)c2ccccc2F)CC1. The van der Waals surface area contributed by atoms with Crippen LogP contribution in [0, 0.1) is 5.82 Å². The number of benzene rings is 1. The highest BCUT2D eigenvalue weighted by Gasteiger charge is 2.25. The number of nitrogens with zero attached hydrogens (tertiary/aromatic N) is 1. The number of hydrogen-bond acceptors (Lipinski definition) is 4. The van der Waals surface area contributed by atoms with E-state index < -0.39 is 5.82 Å². The maximum absolute atomic E-state index is 13.8. The molecule has 3 rings (SSSR count). The number of carbonyl (C=O) groups is 3. The highest BCUT2D eigenvalue weighted by Crippen LogP contribution is 2.16. The fourth-order valence-corrected chi connectivity index (χ4v) is 3.12. The third-order valence-electron chi connectivity index (χ3n) is 4.63. The highest BCUT2D eigenvalue weighted by molar-refractivity contribution is 5.94. The molecule has 0 atom stereocenters. The second kappa shape index (κ2) is 9.16. The van der Waals surface area contributed by atoms with E-state index in [4.69, 9.17) is 4.42 Å². The first-order valence-corrected chi connectivity index (χ1v) is 9.19. The zero-order chi connectivity index (χ0) is 19.9. The van der Waals surface area contributed by atoms with Crippen molar-refractivity contribution in [2.45, 2.75) is 25.3 Å². The van der Waals surface area contributed by atoms with Crippen molar-refractivity contribution in [2.75, 3.05) is 19.6 Å². The van der Waals surface area contributed by atoms with Gasteiger partial charge in [-0.15, -0.1) is 0 Å². The molecule has 1 aliphatic heterocycles. The van der Waals surface area contributed by atoms with E-state index in [0.29, 0.717) is 25.9 Å².